The van der Waals surface area contributed by atoms with Crippen molar-refractivity contribution < 1.29 is 9.59 Å². The van der Waals surface area contributed by atoms with Crippen LogP contribution in [0.5, 0.6) is 0 Å². The molecular weight excluding hydrogens is 306 g/mol. The number of urea groups is 1. The number of anilines is 1. The highest BCUT2D eigenvalue weighted by molar-refractivity contribution is 5.92. The number of likely N-dealkylation sites (tertiary alicyclic amines) is 1. The van der Waals surface area contributed by atoms with Crippen molar-refractivity contribution in [2.45, 2.75) is 57.9 Å². The molecule has 0 aromatic carbocycles. The van der Waals surface area contributed by atoms with E-state index in [1.807, 2.05) is 13.0 Å². The molecule has 0 radical (unpaired) electrons. The molecule has 0 unspecified atom stereocenters. The van der Waals surface area contributed by atoms with Crippen LogP contribution in [0.1, 0.15) is 51.1 Å². The van der Waals surface area contributed by atoms with E-state index in [1.165, 1.54) is 12.8 Å². The van der Waals surface area contributed by atoms with Crippen LogP contribution in [0, 0.1) is 5.92 Å². The fraction of sp³-hybridized carbons (Fsp3) is 0.706. The number of H-pyrrole nitrogens is 1. The summed E-state index contributed by atoms with van der Waals surface area (Å²) in [5.41, 5.74) is 0.992. The van der Waals surface area contributed by atoms with Crippen molar-refractivity contribution in [2.75, 3.05) is 18.4 Å². The van der Waals surface area contributed by atoms with Gasteiger partial charge in [-0.3, -0.25) is 9.89 Å². The molecule has 2 heterocycles. The summed E-state index contributed by atoms with van der Waals surface area (Å²) in [5, 5.41) is 13.0. The summed E-state index contributed by atoms with van der Waals surface area (Å²) >= 11 is 0. The van der Waals surface area contributed by atoms with Gasteiger partial charge in [-0.25, -0.2) is 4.79 Å². The minimum Gasteiger partial charge on any atom is -0.335 e. The molecule has 3 rings (SSSR count). The van der Waals surface area contributed by atoms with E-state index in [9.17, 15) is 9.59 Å². The van der Waals surface area contributed by atoms with E-state index in [2.05, 4.69) is 20.8 Å². The molecule has 2 fully saturated rings. The van der Waals surface area contributed by atoms with Gasteiger partial charge in [-0.1, -0.05) is 19.8 Å². The SMILES string of the molecule is CCc1cc(NC(=O)[C@H]2CCCN(C(=O)NC3CCCC3)C2)n[nH]1. The molecule has 1 saturated carbocycles. The third-order valence-electron chi connectivity index (χ3n) is 5.03. The summed E-state index contributed by atoms with van der Waals surface area (Å²) in [6.07, 6.45) is 7.05. The van der Waals surface area contributed by atoms with Crippen molar-refractivity contribution in [3.63, 3.8) is 0 Å². The molecule has 7 heteroatoms. The Morgan fingerprint density at radius 2 is 2.08 bits per heavy atom. The summed E-state index contributed by atoms with van der Waals surface area (Å²) in [5.74, 6) is 0.335. The lowest BCUT2D eigenvalue weighted by Gasteiger charge is -2.32. The van der Waals surface area contributed by atoms with Crippen LogP contribution in [0.25, 0.3) is 0 Å². The van der Waals surface area contributed by atoms with Gasteiger partial charge in [-0.2, -0.15) is 5.10 Å². The Bertz CT molecular complexity index is 579. The second kappa shape index (κ2) is 7.68. The number of nitrogens with one attached hydrogen (secondary N) is 3. The van der Waals surface area contributed by atoms with Gasteiger partial charge in [0.25, 0.3) is 0 Å². The van der Waals surface area contributed by atoms with Crippen molar-refractivity contribution in [3.8, 4) is 0 Å². The van der Waals surface area contributed by atoms with Crippen LogP contribution in [-0.2, 0) is 11.2 Å². The van der Waals surface area contributed by atoms with Gasteiger partial charge in [0.1, 0.15) is 0 Å². The number of hydrogen-bond acceptors (Lipinski definition) is 3. The first-order chi connectivity index (χ1) is 11.7. The predicted molar refractivity (Wildman–Crippen MR) is 91.7 cm³/mol. The highest BCUT2D eigenvalue weighted by Gasteiger charge is 2.30. The third-order valence-corrected chi connectivity index (χ3v) is 5.03. The van der Waals surface area contributed by atoms with Crippen LogP contribution >= 0.6 is 0 Å². The Hall–Kier alpha value is -2.05. The van der Waals surface area contributed by atoms with Crippen LogP contribution in [-0.4, -0.2) is 46.2 Å². The monoisotopic (exact) mass is 333 g/mol. The second-order valence-electron chi connectivity index (χ2n) is 6.84. The summed E-state index contributed by atoms with van der Waals surface area (Å²) < 4.78 is 0. The molecule has 0 spiro atoms. The number of piperidine rings is 1. The lowest BCUT2D eigenvalue weighted by Crippen LogP contribution is -2.49. The number of hydrogen-bond donors (Lipinski definition) is 3. The molecule has 1 aliphatic carbocycles. The van der Waals surface area contributed by atoms with Crippen molar-refractivity contribution >= 4 is 17.8 Å². The van der Waals surface area contributed by atoms with E-state index in [1.54, 1.807) is 4.90 Å². The van der Waals surface area contributed by atoms with Crippen molar-refractivity contribution in [1.29, 1.82) is 0 Å². The number of nitrogens with zero attached hydrogens (tertiary/aromatic N) is 2. The van der Waals surface area contributed by atoms with Crippen molar-refractivity contribution in [2.24, 2.45) is 5.92 Å². The molecule has 132 valence electrons. The largest absolute Gasteiger partial charge is 0.335 e. The smallest absolute Gasteiger partial charge is 0.317 e. The lowest BCUT2D eigenvalue weighted by molar-refractivity contribution is -0.121. The van der Waals surface area contributed by atoms with E-state index in [0.717, 1.165) is 44.3 Å². The van der Waals surface area contributed by atoms with Gasteiger partial charge < -0.3 is 15.5 Å². The first kappa shape index (κ1) is 16.8. The summed E-state index contributed by atoms with van der Waals surface area (Å²) in [7, 11) is 0. The number of carbonyl (C=O) groups excluding carboxylic acids is 2. The first-order valence-electron chi connectivity index (χ1n) is 9.06. The van der Waals surface area contributed by atoms with E-state index in [0.29, 0.717) is 18.4 Å². The zero-order valence-electron chi connectivity index (χ0n) is 14.3. The molecule has 3 N–H and O–H groups in total. The van der Waals surface area contributed by atoms with E-state index in [4.69, 9.17) is 0 Å². The standard InChI is InChI=1S/C17H27N5O2/c1-2-13-10-15(21-20-13)19-16(23)12-6-5-9-22(11-12)17(24)18-14-7-3-4-8-14/h10,12,14H,2-9,11H2,1H3,(H,18,24)(H2,19,20,21,23)/t12-/m0/s1. The van der Waals surface area contributed by atoms with E-state index < -0.39 is 0 Å². The normalized spacial score (nSPS) is 21.7. The number of amides is 3. The number of aromatic amines is 1. The third kappa shape index (κ3) is 4.07. The molecule has 7 nitrogen and oxygen atoms in total. The Labute approximate surface area is 142 Å². The zero-order valence-corrected chi connectivity index (χ0v) is 14.3. The second-order valence-corrected chi connectivity index (χ2v) is 6.84. The quantitative estimate of drug-likeness (QED) is 0.789. The molecule has 0 bridgehead atoms. The summed E-state index contributed by atoms with van der Waals surface area (Å²) in [6, 6.07) is 2.14. The molecule has 1 aliphatic heterocycles. The molecule has 2 aliphatic rings. The fourth-order valence-corrected chi connectivity index (χ4v) is 3.55. The molecule has 24 heavy (non-hydrogen) atoms. The molecule has 1 saturated heterocycles. The minimum absolute atomic E-state index is 0.0209. The fourth-order valence-electron chi connectivity index (χ4n) is 3.55. The van der Waals surface area contributed by atoms with Crippen LogP contribution in [0.15, 0.2) is 6.07 Å². The molecule has 1 atom stereocenters. The average molecular weight is 333 g/mol. The van der Waals surface area contributed by atoms with Gasteiger partial charge in [-0.15, -0.1) is 0 Å². The molecule has 1 aromatic rings. The molecule has 1 aromatic heterocycles. The molecular formula is C17H27N5O2. The van der Waals surface area contributed by atoms with E-state index in [-0.39, 0.29) is 17.9 Å². The van der Waals surface area contributed by atoms with Crippen LogP contribution in [0.3, 0.4) is 0 Å². The van der Waals surface area contributed by atoms with Crippen LogP contribution in [0.4, 0.5) is 10.6 Å². The zero-order chi connectivity index (χ0) is 16.9. The Morgan fingerprint density at radius 1 is 1.29 bits per heavy atom. The highest BCUT2D eigenvalue weighted by Crippen LogP contribution is 2.21. The Kier molecular flexibility index (Phi) is 5.37. The van der Waals surface area contributed by atoms with Crippen molar-refractivity contribution in [1.82, 2.24) is 20.4 Å². The Morgan fingerprint density at radius 3 is 2.79 bits per heavy atom. The van der Waals surface area contributed by atoms with Gasteiger partial charge in [-0.05, 0) is 32.1 Å². The summed E-state index contributed by atoms with van der Waals surface area (Å²) in [4.78, 5) is 26.6. The maximum absolute atomic E-state index is 12.5. The van der Waals surface area contributed by atoms with E-state index >= 15 is 0 Å². The lowest BCUT2D eigenvalue weighted by atomic mass is 9.97. The number of aryl methyl sites for hydroxylation is 1. The average Bonchev–Trinajstić information content (AvgIpc) is 3.26. The maximum Gasteiger partial charge on any atom is 0.317 e. The number of rotatable bonds is 4. The highest BCUT2D eigenvalue weighted by atomic mass is 16.2. The number of aromatic nitrogens is 2. The number of carbonyl (C=O) groups is 2. The topological polar surface area (TPSA) is 90.1 Å². The maximum atomic E-state index is 12.5. The molecule has 3 amide bonds. The van der Waals surface area contributed by atoms with Gasteiger partial charge in [0.2, 0.25) is 5.91 Å². The van der Waals surface area contributed by atoms with Gasteiger partial charge in [0.05, 0.1) is 5.92 Å². The van der Waals surface area contributed by atoms with Crippen LogP contribution in [0.2, 0.25) is 0 Å². The first-order valence-corrected chi connectivity index (χ1v) is 9.06. The Balaban J connectivity index is 1.52. The minimum atomic E-state index is -0.171. The summed E-state index contributed by atoms with van der Waals surface area (Å²) in [6.45, 7) is 3.24. The van der Waals surface area contributed by atoms with Crippen molar-refractivity contribution in [3.05, 3.63) is 11.8 Å². The van der Waals surface area contributed by atoms with Gasteiger partial charge >= 0.3 is 6.03 Å². The van der Waals surface area contributed by atoms with Gasteiger partial charge in [0, 0.05) is 30.9 Å². The van der Waals surface area contributed by atoms with Crippen LogP contribution < -0.4 is 10.6 Å². The van der Waals surface area contributed by atoms with Gasteiger partial charge in [0.15, 0.2) is 5.82 Å². The predicted octanol–water partition coefficient (Wildman–Crippen LogP) is 2.27.